The molecule has 2 aromatic carbocycles. The summed E-state index contributed by atoms with van der Waals surface area (Å²) in [6, 6.07) is 12.8. The van der Waals surface area contributed by atoms with Crippen LogP contribution >= 0.6 is 0 Å². The molecular formula is C16H13F3N2O2. The van der Waals surface area contributed by atoms with Crippen LogP contribution in [0.3, 0.4) is 0 Å². The number of ether oxygens (including phenoxy) is 1. The molecule has 0 aliphatic carbocycles. The standard InChI is InChI=1S/C16H13F3N2O2/c17-16(18,19)23-11-6-7-12-13(9-11)21-15(22)14(20-12)8-10-4-2-1-3-5-10/h1-7,9,14,20H,8H2,(H,21,22)/t14-/m0/s1. The average molecular weight is 322 g/mol. The number of fused-ring (bicyclic) bond motifs is 1. The minimum Gasteiger partial charge on any atom is -0.406 e. The minimum atomic E-state index is -4.77. The minimum absolute atomic E-state index is 0.265. The van der Waals surface area contributed by atoms with Crippen molar-refractivity contribution in [3.63, 3.8) is 0 Å². The zero-order valence-electron chi connectivity index (χ0n) is 11.9. The monoisotopic (exact) mass is 322 g/mol. The maximum absolute atomic E-state index is 12.2. The van der Waals surface area contributed by atoms with Crippen LogP contribution in [-0.2, 0) is 11.2 Å². The Kier molecular flexibility index (Phi) is 3.85. The van der Waals surface area contributed by atoms with Gasteiger partial charge in [-0.05, 0) is 17.7 Å². The van der Waals surface area contributed by atoms with Crippen LogP contribution in [0.4, 0.5) is 24.5 Å². The first-order valence-electron chi connectivity index (χ1n) is 6.92. The van der Waals surface area contributed by atoms with Crippen molar-refractivity contribution in [2.24, 2.45) is 0 Å². The van der Waals surface area contributed by atoms with E-state index in [1.165, 1.54) is 12.1 Å². The van der Waals surface area contributed by atoms with E-state index in [2.05, 4.69) is 15.4 Å². The second-order valence-electron chi connectivity index (χ2n) is 5.13. The number of rotatable bonds is 3. The van der Waals surface area contributed by atoms with Crippen LogP contribution in [0.25, 0.3) is 0 Å². The molecule has 4 nitrogen and oxygen atoms in total. The van der Waals surface area contributed by atoms with Crippen molar-refractivity contribution in [3.05, 3.63) is 54.1 Å². The van der Waals surface area contributed by atoms with Crippen molar-refractivity contribution in [1.29, 1.82) is 0 Å². The zero-order valence-corrected chi connectivity index (χ0v) is 11.9. The van der Waals surface area contributed by atoms with E-state index in [9.17, 15) is 18.0 Å². The maximum atomic E-state index is 12.2. The molecule has 23 heavy (non-hydrogen) atoms. The number of amides is 1. The summed E-state index contributed by atoms with van der Waals surface area (Å²) >= 11 is 0. The third kappa shape index (κ3) is 3.74. The molecule has 3 rings (SSSR count). The third-order valence-corrected chi connectivity index (χ3v) is 3.41. The fourth-order valence-corrected chi connectivity index (χ4v) is 2.42. The van der Waals surface area contributed by atoms with Gasteiger partial charge in [-0.3, -0.25) is 4.79 Å². The van der Waals surface area contributed by atoms with Crippen molar-refractivity contribution in [3.8, 4) is 5.75 Å². The van der Waals surface area contributed by atoms with E-state index in [0.717, 1.165) is 11.6 Å². The van der Waals surface area contributed by atoms with Crippen LogP contribution in [0.2, 0.25) is 0 Å². The van der Waals surface area contributed by atoms with Crippen LogP contribution in [0.15, 0.2) is 48.5 Å². The fourth-order valence-electron chi connectivity index (χ4n) is 2.42. The molecule has 1 atom stereocenters. The number of carbonyl (C=O) groups is 1. The van der Waals surface area contributed by atoms with Gasteiger partial charge in [0.15, 0.2) is 0 Å². The lowest BCUT2D eigenvalue weighted by atomic mass is 10.0. The Balaban J connectivity index is 1.77. The molecule has 0 bridgehead atoms. The number of benzene rings is 2. The van der Waals surface area contributed by atoms with Gasteiger partial charge in [0.2, 0.25) is 5.91 Å². The predicted molar refractivity (Wildman–Crippen MR) is 79.3 cm³/mol. The second-order valence-corrected chi connectivity index (χ2v) is 5.13. The van der Waals surface area contributed by atoms with Gasteiger partial charge in [-0.1, -0.05) is 30.3 Å². The highest BCUT2D eigenvalue weighted by Crippen LogP contribution is 2.33. The van der Waals surface area contributed by atoms with Gasteiger partial charge in [0.1, 0.15) is 11.8 Å². The largest absolute Gasteiger partial charge is 0.573 e. The molecule has 120 valence electrons. The first-order valence-corrected chi connectivity index (χ1v) is 6.92. The molecule has 1 heterocycles. The van der Waals surface area contributed by atoms with Crippen LogP contribution < -0.4 is 15.4 Å². The summed E-state index contributed by atoms with van der Waals surface area (Å²) in [6.07, 6.45) is -4.29. The topological polar surface area (TPSA) is 50.4 Å². The van der Waals surface area contributed by atoms with Crippen LogP contribution in [0.1, 0.15) is 5.56 Å². The summed E-state index contributed by atoms with van der Waals surface area (Å²) in [5, 5.41) is 5.64. The summed E-state index contributed by atoms with van der Waals surface area (Å²) in [5.74, 6) is -0.676. The lowest BCUT2D eigenvalue weighted by Gasteiger charge is -2.27. The van der Waals surface area contributed by atoms with Gasteiger partial charge in [-0.25, -0.2) is 0 Å². The number of hydrogen-bond donors (Lipinski definition) is 2. The highest BCUT2D eigenvalue weighted by atomic mass is 19.4. The van der Waals surface area contributed by atoms with Crippen molar-refractivity contribution in [1.82, 2.24) is 0 Å². The van der Waals surface area contributed by atoms with Gasteiger partial charge in [0, 0.05) is 12.5 Å². The normalized spacial score (nSPS) is 17.0. The van der Waals surface area contributed by atoms with Gasteiger partial charge in [-0.2, -0.15) is 0 Å². The van der Waals surface area contributed by atoms with E-state index in [-0.39, 0.29) is 17.3 Å². The zero-order chi connectivity index (χ0) is 16.4. The molecule has 2 aromatic rings. The number of nitrogens with one attached hydrogen (secondary N) is 2. The molecule has 1 aliphatic heterocycles. The Morgan fingerprint density at radius 1 is 1.04 bits per heavy atom. The Morgan fingerprint density at radius 2 is 1.78 bits per heavy atom. The molecule has 1 amide bonds. The van der Waals surface area contributed by atoms with E-state index in [4.69, 9.17) is 0 Å². The van der Waals surface area contributed by atoms with E-state index < -0.39 is 12.4 Å². The quantitative estimate of drug-likeness (QED) is 0.908. The van der Waals surface area contributed by atoms with Crippen LogP contribution in [0.5, 0.6) is 5.75 Å². The highest BCUT2D eigenvalue weighted by molar-refractivity contribution is 6.03. The van der Waals surface area contributed by atoms with Gasteiger partial charge < -0.3 is 15.4 Å². The first-order chi connectivity index (χ1) is 10.9. The van der Waals surface area contributed by atoms with Gasteiger partial charge >= 0.3 is 6.36 Å². The number of anilines is 2. The Labute approximate surface area is 130 Å². The molecule has 0 aromatic heterocycles. The third-order valence-electron chi connectivity index (χ3n) is 3.41. The lowest BCUT2D eigenvalue weighted by molar-refractivity contribution is -0.274. The summed E-state index contributed by atoms with van der Waals surface area (Å²) in [4.78, 5) is 12.1. The molecule has 7 heteroatoms. The van der Waals surface area contributed by atoms with Crippen molar-refractivity contribution >= 4 is 17.3 Å². The first kappa shape index (κ1) is 15.2. The van der Waals surface area contributed by atoms with Gasteiger partial charge in [-0.15, -0.1) is 13.2 Å². The number of hydrogen-bond acceptors (Lipinski definition) is 3. The Hall–Kier alpha value is -2.70. The molecule has 0 radical (unpaired) electrons. The lowest BCUT2D eigenvalue weighted by Crippen LogP contribution is -2.40. The summed E-state index contributed by atoms with van der Waals surface area (Å²) in [7, 11) is 0. The smallest absolute Gasteiger partial charge is 0.406 e. The molecule has 0 saturated carbocycles. The molecule has 2 N–H and O–H groups in total. The van der Waals surface area contributed by atoms with E-state index in [1.54, 1.807) is 0 Å². The van der Waals surface area contributed by atoms with Crippen molar-refractivity contribution in [2.75, 3.05) is 10.6 Å². The average Bonchev–Trinajstić information content (AvgIpc) is 2.48. The van der Waals surface area contributed by atoms with Crippen LogP contribution in [0, 0.1) is 0 Å². The van der Waals surface area contributed by atoms with Crippen molar-refractivity contribution in [2.45, 2.75) is 18.8 Å². The van der Waals surface area contributed by atoms with Crippen molar-refractivity contribution < 1.29 is 22.7 Å². The van der Waals surface area contributed by atoms with Gasteiger partial charge in [0.25, 0.3) is 0 Å². The molecule has 0 spiro atoms. The second kappa shape index (κ2) is 5.83. The van der Waals surface area contributed by atoms with E-state index >= 15 is 0 Å². The van der Waals surface area contributed by atoms with Gasteiger partial charge in [0.05, 0.1) is 11.4 Å². The maximum Gasteiger partial charge on any atom is 0.573 e. The Bertz CT molecular complexity index is 717. The molecule has 0 saturated heterocycles. The molecule has 0 unspecified atom stereocenters. The molecular weight excluding hydrogens is 309 g/mol. The Morgan fingerprint density at radius 3 is 2.48 bits per heavy atom. The highest BCUT2D eigenvalue weighted by Gasteiger charge is 2.32. The number of carbonyl (C=O) groups excluding carboxylic acids is 1. The number of halogens is 3. The SMILES string of the molecule is O=C1Nc2cc(OC(F)(F)F)ccc2N[C@H]1Cc1ccccc1. The summed E-state index contributed by atoms with van der Waals surface area (Å²) in [5.41, 5.74) is 1.81. The molecule has 1 aliphatic rings. The fraction of sp³-hybridized carbons (Fsp3) is 0.188. The van der Waals surface area contributed by atoms with Crippen LogP contribution in [-0.4, -0.2) is 18.3 Å². The summed E-state index contributed by atoms with van der Waals surface area (Å²) < 4.78 is 40.5. The summed E-state index contributed by atoms with van der Waals surface area (Å²) in [6.45, 7) is 0. The van der Waals surface area contributed by atoms with E-state index in [1.807, 2.05) is 30.3 Å². The predicted octanol–water partition coefficient (Wildman–Crippen LogP) is 3.56. The van der Waals surface area contributed by atoms with E-state index in [0.29, 0.717) is 12.1 Å². The molecule has 0 fully saturated rings. The number of alkyl halides is 3.